The van der Waals surface area contributed by atoms with Crippen LogP contribution in [0.15, 0.2) is 35.2 Å². The zero-order valence-electron chi connectivity index (χ0n) is 15.8. The number of nitro groups is 1. The predicted molar refractivity (Wildman–Crippen MR) is 102 cm³/mol. The highest BCUT2D eigenvalue weighted by Crippen LogP contribution is 2.24. The van der Waals surface area contributed by atoms with E-state index in [0.717, 1.165) is 27.1 Å². The number of carbonyl (C=O) groups excluding carboxylic acids is 1. The summed E-state index contributed by atoms with van der Waals surface area (Å²) in [5.74, 6) is -1.72. The van der Waals surface area contributed by atoms with Crippen molar-refractivity contribution in [2.45, 2.75) is 25.7 Å². The van der Waals surface area contributed by atoms with Crippen molar-refractivity contribution in [3.8, 4) is 0 Å². The maximum Gasteiger partial charge on any atom is 0.306 e. The minimum atomic E-state index is -4.22. The summed E-state index contributed by atoms with van der Waals surface area (Å²) in [5, 5.41) is 13.5. The van der Waals surface area contributed by atoms with E-state index in [9.17, 15) is 27.7 Å². The Balaban J connectivity index is 2.22. The first kappa shape index (κ1) is 21.5. The van der Waals surface area contributed by atoms with E-state index in [1.54, 1.807) is 0 Å². The Kier molecular flexibility index (Phi) is 6.15. The summed E-state index contributed by atoms with van der Waals surface area (Å²) in [4.78, 5) is 21.7. The fourth-order valence-corrected chi connectivity index (χ4v) is 3.96. The average Bonchev–Trinajstić information content (AvgIpc) is 2.57. The van der Waals surface area contributed by atoms with Crippen molar-refractivity contribution in [1.82, 2.24) is 4.31 Å². The molecule has 0 atom stereocenters. The van der Waals surface area contributed by atoms with Gasteiger partial charge in [0, 0.05) is 18.8 Å². The van der Waals surface area contributed by atoms with Crippen LogP contribution in [-0.4, -0.2) is 37.1 Å². The molecule has 0 aliphatic heterocycles. The molecule has 0 saturated carbocycles. The van der Waals surface area contributed by atoms with Gasteiger partial charge in [-0.05, 0) is 44.0 Å². The van der Waals surface area contributed by atoms with Crippen LogP contribution in [0.3, 0.4) is 0 Å². The number of rotatable bonds is 6. The number of sulfonamides is 1. The molecule has 2 aromatic rings. The summed E-state index contributed by atoms with van der Waals surface area (Å²) >= 11 is 0. The van der Waals surface area contributed by atoms with Crippen LogP contribution in [0, 0.1) is 36.7 Å². The fraction of sp³-hybridized carbons (Fsp3) is 0.278. The van der Waals surface area contributed by atoms with Crippen molar-refractivity contribution in [3.63, 3.8) is 0 Å². The third-order valence-corrected chi connectivity index (χ3v) is 5.93. The highest BCUT2D eigenvalue weighted by Gasteiger charge is 2.27. The van der Waals surface area contributed by atoms with Crippen LogP contribution >= 0.6 is 0 Å². The quantitative estimate of drug-likeness (QED) is 0.583. The van der Waals surface area contributed by atoms with Crippen molar-refractivity contribution in [3.05, 3.63) is 63.0 Å². The standard InChI is InChI=1S/C18H20FN3O5S/c1-11-7-12(2)18(13(3)8-11)20-17(23)10-21(4)28(26,27)14-5-6-15(19)16(9-14)22(24)25/h5-9H,10H2,1-4H3,(H,20,23). The van der Waals surface area contributed by atoms with Crippen LogP contribution in [0.2, 0.25) is 0 Å². The van der Waals surface area contributed by atoms with Gasteiger partial charge < -0.3 is 5.32 Å². The van der Waals surface area contributed by atoms with E-state index in [0.29, 0.717) is 17.8 Å². The molecular weight excluding hydrogens is 389 g/mol. The van der Waals surface area contributed by atoms with Crippen LogP contribution in [0.1, 0.15) is 16.7 Å². The normalized spacial score (nSPS) is 11.5. The van der Waals surface area contributed by atoms with Gasteiger partial charge >= 0.3 is 5.69 Å². The number of aryl methyl sites for hydroxylation is 3. The number of likely N-dealkylation sites (N-methyl/N-ethyl adjacent to an activating group) is 1. The van der Waals surface area contributed by atoms with E-state index >= 15 is 0 Å². The number of benzene rings is 2. The summed E-state index contributed by atoms with van der Waals surface area (Å²) in [6.45, 7) is 5.07. The second-order valence-electron chi connectivity index (χ2n) is 6.45. The molecule has 0 unspecified atom stereocenters. The van der Waals surface area contributed by atoms with Crippen LogP contribution in [0.4, 0.5) is 15.8 Å². The second-order valence-corrected chi connectivity index (χ2v) is 8.50. The minimum absolute atomic E-state index is 0.474. The number of carbonyl (C=O) groups is 1. The zero-order chi connectivity index (χ0) is 21.2. The molecule has 0 fully saturated rings. The number of amides is 1. The minimum Gasteiger partial charge on any atom is -0.324 e. The maximum atomic E-state index is 13.5. The van der Waals surface area contributed by atoms with Gasteiger partial charge in [0.05, 0.1) is 16.4 Å². The van der Waals surface area contributed by atoms with Crippen molar-refractivity contribution in [1.29, 1.82) is 0 Å². The van der Waals surface area contributed by atoms with Gasteiger partial charge in [-0.1, -0.05) is 17.7 Å². The molecular formula is C18H20FN3O5S. The van der Waals surface area contributed by atoms with Crippen LogP contribution in [-0.2, 0) is 14.8 Å². The molecule has 0 radical (unpaired) electrons. The number of anilines is 1. The molecule has 28 heavy (non-hydrogen) atoms. The molecule has 10 heteroatoms. The Labute approximate surface area is 162 Å². The van der Waals surface area contributed by atoms with E-state index in [-0.39, 0.29) is 0 Å². The lowest BCUT2D eigenvalue weighted by Gasteiger charge is -2.18. The molecule has 0 aliphatic carbocycles. The Morgan fingerprint density at radius 3 is 2.29 bits per heavy atom. The highest BCUT2D eigenvalue weighted by molar-refractivity contribution is 7.89. The van der Waals surface area contributed by atoms with E-state index in [2.05, 4.69) is 5.32 Å². The molecule has 2 rings (SSSR count). The Morgan fingerprint density at radius 1 is 1.18 bits per heavy atom. The van der Waals surface area contributed by atoms with Gasteiger partial charge in [-0.25, -0.2) is 8.42 Å². The molecule has 0 aromatic heterocycles. The third kappa shape index (κ3) is 4.52. The van der Waals surface area contributed by atoms with Crippen molar-refractivity contribution < 1.29 is 22.5 Å². The van der Waals surface area contributed by atoms with Crippen LogP contribution in [0.25, 0.3) is 0 Å². The smallest absolute Gasteiger partial charge is 0.306 e. The lowest BCUT2D eigenvalue weighted by molar-refractivity contribution is -0.387. The molecule has 0 bridgehead atoms. The van der Waals surface area contributed by atoms with Gasteiger partial charge in [0.2, 0.25) is 21.7 Å². The van der Waals surface area contributed by atoms with Crippen molar-refractivity contribution in [2.24, 2.45) is 0 Å². The van der Waals surface area contributed by atoms with Crippen LogP contribution in [0.5, 0.6) is 0 Å². The average molecular weight is 409 g/mol. The molecule has 0 heterocycles. The molecule has 8 nitrogen and oxygen atoms in total. The van der Waals surface area contributed by atoms with E-state index in [1.165, 1.54) is 7.05 Å². The van der Waals surface area contributed by atoms with Gasteiger partial charge in [-0.2, -0.15) is 8.70 Å². The number of nitrogens with zero attached hydrogens (tertiary/aromatic N) is 2. The molecule has 0 spiro atoms. The molecule has 2 aromatic carbocycles. The number of halogens is 1. The highest BCUT2D eigenvalue weighted by atomic mass is 32.2. The lowest BCUT2D eigenvalue weighted by atomic mass is 10.1. The summed E-state index contributed by atoms with van der Waals surface area (Å²) in [6, 6.07) is 6.03. The van der Waals surface area contributed by atoms with Gasteiger partial charge in [0.1, 0.15) is 0 Å². The molecule has 1 amide bonds. The largest absolute Gasteiger partial charge is 0.324 e. The SMILES string of the molecule is Cc1cc(C)c(NC(=O)CN(C)S(=O)(=O)c2ccc(F)c([N+](=O)[O-])c2)c(C)c1. The summed E-state index contributed by atoms with van der Waals surface area (Å²) in [6.07, 6.45) is 0. The van der Waals surface area contributed by atoms with Gasteiger partial charge in [-0.15, -0.1) is 0 Å². The summed E-state index contributed by atoms with van der Waals surface area (Å²) in [5.41, 5.74) is 2.35. The first-order valence-electron chi connectivity index (χ1n) is 8.21. The number of hydrogen-bond donors (Lipinski definition) is 1. The van der Waals surface area contributed by atoms with E-state index < -0.39 is 43.8 Å². The number of nitro benzene ring substituents is 1. The third-order valence-electron chi connectivity index (χ3n) is 4.13. The van der Waals surface area contributed by atoms with E-state index in [4.69, 9.17) is 0 Å². The van der Waals surface area contributed by atoms with Crippen molar-refractivity contribution in [2.75, 3.05) is 18.9 Å². The van der Waals surface area contributed by atoms with Crippen molar-refractivity contribution >= 4 is 27.3 Å². The van der Waals surface area contributed by atoms with Gasteiger partial charge in [0.15, 0.2) is 0 Å². The molecule has 0 saturated heterocycles. The molecule has 0 aliphatic rings. The lowest BCUT2D eigenvalue weighted by Crippen LogP contribution is -2.35. The van der Waals surface area contributed by atoms with Gasteiger partial charge in [-0.3, -0.25) is 14.9 Å². The van der Waals surface area contributed by atoms with E-state index in [1.807, 2.05) is 32.9 Å². The van der Waals surface area contributed by atoms with Gasteiger partial charge in [0.25, 0.3) is 0 Å². The fourth-order valence-electron chi connectivity index (χ4n) is 2.82. The number of nitrogens with one attached hydrogen (secondary N) is 1. The first-order chi connectivity index (χ1) is 12.9. The summed E-state index contributed by atoms with van der Waals surface area (Å²) in [7, 11) is -3.06. The first-order valence-corrected chi connectivity index (χ1v) is 9.65. The zero-order valence-corrected chi connectivity index (χ0v) is 16.6. The Bertz CT molecular complexity index is 1030. The monoisotopic (exact) mass is 409 g/mol. The van der Waals surface area contributed by atoms with Crippen LogP contribution < -0.4 is 5.32 Å². The number of hydrogen-bond acceptors (Lipinski definition) is 5. The molecule has 1 N–H and O–H groups in total. The topological polar surface area (TPSA) is 110 Å². The summed E-state index contributed by atoms with van der Waals surface area (Å²) < 4.78 is 39.4. The maximum absolute atomic E-state index is 13.5. The predicted octanol–water partition coefficient (Wildman–Crippen LogP) is 2.92. The Hall–Kier alpha value is -2.85. The second kappa shape index (κ2) is 8.03. The Morgan fingerprint density at radius 2 is 1.75 bits per heavy atom. The molecule has 150 valence electrons.